The number of carbonyl (C=O) groups excluding carboxylic acids is 3. The number of carbonyl (C=O) groups is 3. The van der Waals surface area contributed by atoms with Crippen molar-refractivity contribution in [3.8, 4) is 0 Å². The predicted octanol–water partition coefficient (Wildman–Crippen LogP) is -0.861. The minimum Gasteiger partial charge on any atom is -0.394 e. The first-order chi connectivity index (χ1) is 7.84. The Morgan fingerprint density at radius 2 is 1.94 bits per heavy atom. The zero-order chi connectivity index (χ0) is 13.2. The Bertz CT molecular complexity index is 382. The first-order valence-corrected chi connectivity index (χ1v) is 5.58. The summed E-state index contributed by atoms with van der Waals surface area (Å²) in [6, 6.07) is -0.866. The molecule has 4 amide bonds. The number of hydrogen-bond acceptors (Lipinski definition) is 3. The topological polar surface area (TPSA) is 77.3 Å². The van der Waals surface area contributed by atoms with Gasteiger partial charge < -0.3 is 10.6 Å². The van der Waals surface area contributed by atoms with Gasteiger partial charge >= 0.3 is 29.6 Å². The summed E-state index contributed by atoms with van der Waals surface area (Å²) in [5.41, 5.74) is -0.323. The number of barbiturate groups is 1. The SMILES string of the molecule is C/C=C(/C)CC1(C(C)C)C(=O)[N-]C(=O)NC1=O.[Na+]. The van der Waals surface area contributed by atoms with Gasteiger partial charge in [-0.25, -0.2) is 0 Å². The number of imide groups is 2. The molecule has 1 fully saturated rings. The molecule has 18 heavy (non-hydrogen) atoms. The van der Waals surface area contributed by atoms with Crippen LogP contribution in [0.3, 0.4) is 0 Å². The standard InChI is InChI=1S/C12H18N2O3.Na/c1-5-8(4)6-12(7(2)3)9(15)13-11(17)14-10(12)16;/h5,7H,6H2,1-4H3,(H2,13,14,15,16,17);/q;+1/p-1/b8-5-;. The van der Waals surface area contributed by atoms with E-state index in [1.807, 2.05) is 19.9 Å². The molecule has 1 aliphatic rings. The summed E-state index contributed by atoms with van der Waals surface area (Å²) >= 11 is 0. The third-order valence-electron chi connectivity index (χ3n) is 3.25. The van der Waals surface area contributed by atoms with E-state index < -0.39 is 23.3 Å². The Hall–Kier alpha value is -0.650. The van der Waals surface area contributed by atoms with Gasteiger partial charge in [-0.15, -0.1) is 0 Å². The van der Waals surface area contributed by atoms with E-state index >= 15 is 0 Å². The minimum atomic E-state index is -1.25. The van der Waals surface area contributed by atoms with E-state index in [1.54, 1.807) is 13.8 Å². The summed E-state index contributed by atoms with van der Waals surface area (Å²) in [5.74, 6) is -1.40. The molecule has 0 saturated carbocycles. The van der Waals surface area contributed by atoms with E-state index in [-0.39, 0.29) is 35.5 Å². The molecule has 0 aromatic rings. The molecule has 0 aromatic carbocycles. The van der Waals surface area contributed by atoms with Crippen molar-refractivity contribution in [3.63, 3.8) is 0 Å². The molecule has 1 saturated heterocycles. The maximum Gasteiger partial charge on any atom is 1.00 e. The molecule has 0 spiro atoms. The fourth-order valence-electron chi connectivity index (χ4n) is 1.94. The number of nitrogens with zero attached hydrogens (tertiary/aromatic N) is 1. The van der Waals surface area contributed by atoms with Crippen molar-refractivity contribution in [2.75, 3.05) is 0 Å². The van der Waals surface area contributed by atoms with Gasteiger partial charge in [-0.05, 0) is 26.2 Å². The van der Waals surface area contributed by atoms with Crippen LogP contribution in [-0.4, -0.2) is 17.8 Å². The summed E-state index contributed by atoms with van der Waals surface area (Å²) < 4.78 is 0. The van der Waals surface area contributed by atoms with Gasteiger partial charge in [0.2, 0.25) is 0 Å². The van der Waals surface area contributed by atoms with Gasteiger partial charge in [-0.1, -0.05) is 25.5 Å². The molecule has 1 N–H and O–H groups in total. The average Bonchev–Trinajstić information content (AvgIpc) is 2.22. The van der Waals surface area contributed by atoms with Crippen molar-refractivity contribution >= 4 is 17.8 Å². The van der Waals surface area contributed by atoms with E-state index in [9.17, 15) is 14.4 Å². The third kappa shape index (κ3) is 3.02. The van der Waals surface area contributed by atoms with Crippen LogP contribution in [0.15, 0.2) is 11.6 Å². The van der Waals surface area contributed by atoms with E-state index in [2.05, 4.69) is 10.6 Å². The summed E-state index contributed by atoms with van der Waals surface area (Å²) in [5, 5.41) is 5.48. The zero-order valence-corrected chi connectivity index (χ0v) is 13.5. The molecule has 5 nitrogen and oxygen atoms in total. The van der Waals surface area contributed by atoms with Crippen molar-refractivity contribution in [1.82, 2.24) is 5.32 Å². The molecular weight excluding hydrogens is 243 g/mol. The van der Waals surface area contributed by atoms with E-state index in [0.29, 0.717) is 6.42 Å². The Balaban J connectivity index is 0.00000289. The summed E-state index contributed by atoms with van der Waals surface area (Å²) in [7, 11) is 0. The van der Waals surface area contributed by atoms with Gasteiger partial charge in [0, 0.05) is 0 Å². The molecule has 1 aliphatic heterocycles. The number of hydrogen-bond donors (Lipinski definition) is 1. The molecule has 1 atom stereocenters. The second kappa shape index (κ2) is 6.50. The quantitative estimate of drug-likeness (QED) is 0.407. The molecule has 6 heteroatoms. The normalized spacial score (nSPS) is 24.5. The van der Waals surface area contributed by atoms with Gasteiger partial charge in [0.15, 0.2) is 17.8 Å². The van der Waals surface area contributed by atoms with E-state index in [4.69, 9.17) is 0 Å². The molecule has 0 aliphatic carbocycles. The maximum atomic E-state index is 12.0. The summed E-state index contributed by atoms with van der Waals surface area (Å²) in [6.07, 6.45) is 2.14. The Labute approximate surface area is 129 Å². The van der Waals surface area contributed by atoms with Crippen molar-refractivity contribution < 1.29 is 43.9 Å². The van der Waals surface area contributed by atoms with Crippen LogP contribution in [0, 0.1) is 11.3 Å². The summed E-state index contributed by atoms with van der Waals surface area (Å²) in [4.78, 5) is 35.0. The summed E-state index contributed by atoms with van der Waals surface area (Å²) in [6.45, 7) is 7.26. The molecule has 0 aromatic heterocycles. The third-order valence-corrected chi connectivity index (χ3v) is 3.25. The molecular formula is C12H17N2NaO3. The molecule has 1 unspecified atom stereocenters. The molecule has 0 radical (unpaired) electrons. The Morgan fingerprint density at radius 1 is 1.39 bits per heavy atom. The second-order valence-electron chi connectivity index (χ2n) is 4.61. The van der Waals surface area contributed by atoms with Gasteiger partial charge in [0.25, 0.3) is 0 Å². The maximum absolute atomic E-state index is 12.0. The first-order valence-electron chi connectivity index (χ1n) is 5.58. The Kier molecular flexibility index (Phi) is 6.26. The average molecular weight is 260 g/mol. The number of nitrogens with one attached hydrogen (secondary N) is 1. The number of allylic oxidation sites excluding steroid dienone is 2. The second-order valence-corrected chi connectivity index (χ2v) is 4.61. The zero-order valence-electron chi connectivity index (χ0n) is 11.5. The number of urea groups is 1. The monoisotopic (exact) mass is 260 g/mol. The van der Waals surface area contributed by atoms with Crippen LogP contribution in [0.2, 0.25) is 0 Å². The van der Waals surface area contributed by atoms with Crippen LogP contribution in [0.1, 0.15) is 34.1 Å². The van der Waals surface area contributed by atoms with Crippen LogP contribution in [-0.2, 0) is 9.59 Å². The van der Waals surface area contributed by atoms with Crippen LogP contribution >= 0.6 is 0 Å². The molecule has 0 bridgehead atoms. The molecule has 1 heterocycles. The Morgan fingerprint density at radius 3 is 2.33 bits per heavy atom. The smallest absolute Gasteiger partial charge is 0.394 e. The van der Waals surface area contributed by atoms with Gasteiger partial charge in [-0.2, -0.15) is 0 Å². The first kappa shape index (κ1) is 17.4. The predicted molar refractivity (Wildman–Crippen MR) is 63.2 cm³/mol. The van der Waals surface area contributed by atoms with Crippen LogP contribution < -0.4 is 34.9 Å². The van der Waals surface area contributed by atoms with Crippen molar-refractivity contribution in [3.05, 3.63) is 17.0 Å². The van der Waals surface area contributed by atoms with Crippen LogP contribution in [0.5, 0.6) is 0 Å². The number of amides is 4. The fourth-order valence-corrected chi connectivity index (χ4v) is 1.94. The number of rotatable bonds is 3. The van der Waals surface area contributed by atoms with Gasteiger partial charge in [-0.3, -0.25) is 14.4 Å². The van der Waals surface area contributed by atoms with E-state index in [0.717, 1.165) is 5.57 Å². The van der Waals surface area contributed by atoms with Crippen molar-refractivity contribution in [2.24, 2.45) is 11.3 Å². The molecule has 94 valence electrons. The minimum absolute atomic E-state index is 0. The van der Waals surface area contributed by atoms with Crippen molar-refractivity contribution in [2.45, 2.75) is 34.1 Å². The molecule has 1 rings (SSSR count). The van der Waals surface area contributed by atoms with E-state index in [1.165, 1.54) is 0 Å². The van der Waals surface area contributed by atoms with Gasteiger partial charge in [0.05, 0.1) is 5.41 Å². The van der Waals surface area contributed by atoms with Crippen LogP contribution in [0.4, 0.5) is 4.79 Å². The largest absolute Gasteiger partial charge is 1.00 e. The fraction of sp³-hybridized carbons (Fsp3) is 0.583. The van der Waals surface area contributed by atoms with Gasteiger partial charge in [0.1, 0.15) is 0 Å². The van der Waals surface area contributed by atoms with Crippen molar-refractivity contribution in [1.29, 1.82) is 0 Å². The van der Waals surface area contributed by atoms with Crippen LogP contribution in [0.25, 0.3) is 5.32 Å².